The van der Waals surface area contributed by atoms with Crippen LogP contribution in [0.15, 0.2) is 41.0 Å². The maximum atomic E-state index is 13.3. The molecule has 0 saturated carbocycles. The molecule has 6 nitrogen and oxygen atoms in total. The lowest BCUT2D eigenvalue weighted by atomic mass is 9.85. The maximum absolute atomic E-state index is 13.3. The standard InChI is InChI=1S/C22H22ClN3O3/c23-14-6-7-18-17(13-14)15-3-1-4-16(20(15)24-18)21(27)25-8-10-26(11-9-25)22(28)19-5-2-12-29-19/h2,5-7,12-13,16,24H,1,3-4,8-11H2/t16-/m1/s1. The summed E-state index contributed by atoms with van der Waals surface area (Å²) in [6, 6.07) is 9.22. The van der Waals surface area contributed by atoms with Crippen molar-refractivity contribution in [3.8, 4) is 0 Å². The molecule has 1 aromatic carbocycles. The lowest BCUT2D eigenvalue weighted by Gasteiger charge is -2.36. The van der Waals surface area contributed by atoms with E-state index in [4.69, 9.17) is 16.0 Å². The Bertz CT molecular complexity index is 1060. The summed E-state index contributed by atoms with van der Waals surface area (Å²) in [6.07, 6.45) is 4.30. The number of nitrogens with zero attached hydrogens (tertiary/aromatic N) is 2. The van der Waals surface area contributed by atoms with Gasteiger partial charge in [-0.2, -0.15) is 0 Å². The van der Waals surface area contributed by atoms with Gasteiger partial charge in [-0.25, -0.2) is 0 Å². The van der Waals surface area contributed by atoms with Crippen LogP contribution in [0.3, 0.4) is 0 Å². The molecular formula is C22H22ClN3O3. The number of aromatic nitrogens is 1. The first-order chi connectivity index (χ1) is 14.1. The highest BCUT2D eigenvalue weighted by Gasteiger charge is 2.34. The van der Waals surface area contributed by atoms with Crippen molar-refractivity contribution in [1.29, 1.82) is 0 Å². The Kier molecular flexibility index (Phi) is 4.59. The highest BCUT2D eigenvalue weighted by molar-refractivity contribution is 6.31. The molecule has 5 rings (SSSR count). The Morgan fingerprint density at radius 1 is 1.10 bits per heavy atom. The molecule has 3 aromatic rings. The van der Waals surface area contributed by atoms with Gasteiger partial charge < -0.3 is 19.2 Å². The minimum absolute atomic E-state index is 0.116. The van der Waals surface area contributed by atoms with E-state index in [-0.39, 0.29) is 17.7 Å². The Balaban J connectivity index is 1.32. The van der Waals surface area contributed by atoms with E-state index < -0.39 is 0 Å². The summed E-state index contributed by atoms with van der Waals surface area (Å²) in [7, 11) is 0. The molecule has 7 heteroatoms. The van der Waals surface area contributed by atoms with Crippen LogP contribution in [-0.2, 0) is 11.2 Å². The zero-order valence-electron chi connectivity index (χ0n) is 16.0. The van der Waals surface area contributed by atoms with Crippen molar-refractivity contribution in [1.82, 2.24) is 14.8 Å². The van der Waals surface area contributed by atoms with Crippen molar-refractivity contribution >= 4 is 34.3 Å². The summed E-state index contributed by atoms with van der Waals surface area (Å²) in [4.78, 5) is 32.9. The van der Waals surface area contributed by atoms with Crippen LogP contribution in [0.5, 0.6) is 0 Å². The second-order valence-corrected chi connectivity index (χ2v) is 8.18. The van der Waals surface area contributed by atoms with Crippen LogP contribution in [0, 0.1) is 0 Å². The summed E-state index contributed by atoms with van der Waals surface area (Å²) in [5, 5.41) is 1.84. The van der Waals surface area contributed by atoms with Gasteiger partial charge in [0.15, 0.2) is 5.76 Å². The molecule has 1 atom stereocenters. The number of halogens is 1. The van der Waals surface area contributed by atoms with E-state index >= 15 is 0 Å². The number of rotatable bonds is 2. The van der Waals surface area contributed by atoms with Crippen LogP contribution in [0.1, 0.15) is 40.6 Å². The molecule has 1 aliphatic heterocycles. The number of aryl methyl sites for hydroxylation is 1. The zero-order valence-corrected chi connectivity index (χ0v) is 16.7. The fourth-order valence-corrected chi connectivity index (χ4v) is 4.76. The predicted octanol–water partition coefficient (Wildman–Crippen LogP) is 3.82. The van der Waals surface area contributed by atoms with Crippen molar-refractivity contribution < 1.29 is 14.0 Å². The van der Waals surface area contributed by atoms with Crippen molar-refractivity contribution in [2.24, 2.45) is 0 Å². The fraction of sp³-hybridized carbons (Fsp3) is 0.364. The number of hydrogen-bond donors (Lipinski definition) is 1. The SMILES string of the molecule is O=C(c1ccco1)N1CCN(C(=O)[C@@H]2CCCc3c2[nH]c2ccc(Cl)cc32)CC1. The number of H-pyrrole nitrogens is 1. The van der Waals surface area contributed by atoms with E-state index in [1.807, 2.05) is 23.1 Å². The number of carbonyl (C=O) groups is 2. The minimum atomic E-state index is -0.155. The molecule has 0 bridgehead atoms. The van der Waals surface area contributed by atoms with Crippen molar-refractivity contribution in [2.75, 3.05) is 26.2 Å². The molecule has 3 heterocycles. The number of carbonyl (C=O) groups excluding carboxylic acids is 2. The van der Waals surface area contributed by atoms with Gasteiger partial charge >= 0.3 is 0 Å². The quantitative estimate of drug-likeness (QED) is 0.697. The molecule has 2 aliphatic rings. The summed E-state index contributed by atoms with van der Waals surface area (Å²) >= 11 is 6.19. The van der Waals surface area contributed by atoms with E-state index in [9.17, 15) is 9.59 Å². The van der Waals surface area contributed by atoms with Crippen LogP contribution >= 0.6 is 11.6 Å². The lowest BCUT2D eigenvalue weighted by Crippen LogP contribution is -2.51. The number of nitrogens with one attached hydrogen (secondary N) is 1. The second kappa shape index (κ2) is 7.26. The van der Waals surface area contributed by atoms with Gasteiger partial charge in [-0.05, 0) is 55.2 Å². The van der Waals surface area contributed by atoms with E-state index in [0.717, 1.165) is 35.9 Å². The zero-order chi connectivity index (χ0) is 20.0. The number of aromatic amines is 1. The molecule has 0 unspecified atom stereocenters. The van der Waals surface area contributed by atoms with Crippen LogP contribution < -0.4 is 0 Å². The Morgan fingerprint density at radius 3 is 2.66 bits per heavy atom. The molecule has 1 saturated heterocycles. The topological polar surface area (TPSA) is 69.6 Å². The van der Waals surface area contributed by atoms with E-state index in [2.05, 4.69) is 4.98 Å². The van der Waals surface area contributed by atoms with Gasteiger partial charge in [-0.1, -0.05) is 11.6 Å². The van der Waals surface area contributed by atoms with Crippen LogP contribution in [0.2, 0.25) is 5.02 Å². The molecular weight excluding hydrogens is 390 g/mol. The third-order valence-corrected chi connectivity index (χ3v) is 6.31. The highest BCUT2D eigenvalue weighted by Crippen LogP contribution is 2.38. The number of piperazine rings is 1. The summed E-state index contributed by atoms with van der Waals surface area (Å²) in [5.74, 6) is 0.221. The number of fused-ring (bicyclic) bond motifs is 3. The summed E-state index contributed by atoms with van der Waals surface area (Å²) in [5.41, 5.74) is 3.29. The van der Waals surface area contributed by atoms with Gasteiger partial charge in [0.25, 0.3) is 5.91 Å². The predicted molar refractivity (Wildman–Crippen MR) is 110 cm³/mol. The van der Waals surface area contributed by atoms with Gasteiger partial charge in [-0.3, -0.25) is 9.59 Å². The first-order valence-corrected chi connectivity index (χ1v) is 10.4. The third kappa shape index (κ3) is 3.21. The molecule has 0 radical (unpaired) electrons. The van der Waals surface area contributed by atoms with Gasteiger partial charge in [0.2, 0.25) is 5.91 Å². The van der Waals surface area contributed by atoms with Crippen LogP contribution in [0.25, 0.3) is 10.9 Å². The molecule has 2 aromatic heterocycles. The van der Waals surface area contributed by atoms with E-state index in [0.29, 0.717) is 37.0 Å². The first kappa shape index (κ1) is 18.3. The maximum Gasteiger partial charge on any atom is 0.289 e. The normalized spacial score (nSPS) is 19.4. The summed E-state index contributed by atoms with van der Waals surface area (Å²) in [6.45, 7) is 2.13. The van der Waals surface area contributed by atoms with Crippen LogP contribution in [0.4, 0.5) is 0 Å². The molecule has 1 N–H and O–H groups in total. The average Bonchev–Trinajstić information content (AvgIpc) is 3.41. The molecule has 1 aliphatic carbocycles. The molecule has 29 heavy (non-hydrogen) atoms. The number of benzene rings is 1. The van der Waals surface area contributed by atoms with Gasteiger partial charge in [0, 0.05) is 47.8 Å². The lowest BCUT2D eigenvalue weighted by molar-refractivity contribution is -0.134. The smallest absolute Gasteiger partial charge is 0.289 e. The van der Waals surface area contributed by atoms with E-state index in [1.54, 1.807) is 17.0 Å². The highest BCUT2D eigenvalue weighted by atomic mass is 35.5. The van der Waals surface area contributed by atoms with Crippen LogP contribution in [-0.4, -0.2) is 52.8 Å². The number of hydrogen-bond acceptors (Lipinski definition) is 3. The Labute approximate surface area is 173 Å². The van der Waals surface area contributed by atoms with E-state index in [1.165, 1.54) is 11.8 Å². The van der Waals surface area contributed by atoms with Gasteiger partial charge in [0.1, 0.15) is 0 Å². The number of amides is 2. The fourth-order valence-electron chi connectivity index (χ4n) is 4.59. The Morgan fingerprint density at radius 2 is 1.90 bits per heavy atom. The number of furan rings is 1. The second-order valence-electron chi connectivity index (χ2n) is 7.75. The largest absolute Gasteiger partial charge is 0.459 e. The minimum Gasteiger partial charge on any atom is -0.459 e. The molecule has 150 valence electrons. The molecule has 2 amide bonds. The van der Waals surface area contributed by atoms with Gasteiger partial charge in [0.05, 0.1) is 12.2 Å². The molecule has 1 fully saturated rings. The average molecular weight is 412 g/mol. The monoisotopic (exact) mass is 411 g/mol. The summed E-state index contributed by atoms with van der Waals surface area (Å²) < 4.78 is 5.21. The van der Waals surface area contributed by atoms with Crippen molar-refractivity contribution in [3.63, 3.8) is 0 Å². The van der Waals surface area contributed by atoms with Crippen molar-refractivity contribution in [3.05, 3.63) is 58.6 Å². The van der Waals surface area contributed by atoms with Crippen molar-refractivity contribution in [2.45, 2.75) is 25.2 Å². The third-order valence-electron chi connectivity index (χ3n) is 6.08. The molecule has 0 spiro atoms. The Hall–Kier alpha value is -2.73. The first-order valence-electron chi connectivity index (χ1n) is 10.0. The van der Waals surface area contributed by atoms with Gasteiger partial charge in [-0.15, -0.1) is 0 Å².